The zero-order valence-electron chi connectivity index (χ0n) is 6.80. The third kappa shape index (κ3) is 3.06. The van der Waals surface area contributed by atoms with Gasteiger partial charge in [-0.15, -0.1) is 0 Å². The Kier molecular flexibility index (Phi) is 3.12. The van der Waals surface area contributed by atoms with E-state index < -0.39 is 0 Å². The van der Waals surface area contributed by atoms with Gasteiger partial charge in [0, 0.05) is 12.5 Å². The van der Waals surface area contributed by atoms with Gasteiger partial charge in [-0.3, -0.25) is 0 Å². The Morgan fingerprint density at radius 2 is 2.36 bits per heavy atom. The highest BCUT2D eigenvalue weighted by Crippen LogP contribution is 2.13. The van der Waals surface area contributed by atoms with Crippen LogP contribution in [-0.4, -0.2) is 5.16 Å². The molecule has 0 aliphatic carbocycles. The van der Waals surface area contributed by atoms with Crippen LogP contribution in [0.15, 0.2) is 15.2 Å². The molecule has 1 aromatic rings. The molecule has 0 amide bonds. The van der Waals surface area contributed by atoms with Crippen LogP contribution in [0.1, 0.15) is 26.0 Å². The first-order chi connectivity index (χ1) is 5.18. The van der Waals surface area contributed by atoms with Crippen LogP contribution >= 0.6 is 15.9 Å². The van der Waals surface area contributed by atoms with Crippen LogP contribution < -0.4 is 0 Å². The van der Waals surface area contributed by atoms with Crippen molar-refractivity contribution in [2.45, 2.75) is 26.7 Å². The molecule has 1 aromatic heterocycles. The maximum absolute atomic E-state index is 5.02. The third-order valence-electron chi connectivity index (χ3n) is 1.50. The van der Waals surface area contributed by atoms with E-state index in [0.29, 0.717) is 0 Å². The highest BCUT2D eigenvalue weighted by Gasteiger charge is 2.02. The van der Waals surface area contributed by atoms with E-state index in [1.54, 1.807) is 0 Å². The molecule has 0 aliphatic rings. The van der Waals surface area contributed by atoms with Gasteiger partial charge in [0.25, 0.3) is 0 Å². The zero-order valence-corrected chi connectivity index (χ0v) is 8.39. The standard InChI is InChI=1S/C8H12BrNO/c1-6(2)3-4-7-5-8(9)10-11-7/h5-6H,3-4H2,1-2H3. The van der Waals surface area contributed by atoms with Crippen LogP contribution in [0.5, 0.6) is 0 Å². The van der Waals surface area contributed by atoms with Crippen molar-refractivity contribution in [3.8, 4) is 0 Å². The molecule has 0 fully saturated rings. The first-order valence-electron chi connectivity index (χ1n) is 3.79. The molecule has 62 valence electrons. The smallest absolute Gasteiger partial charge is 0.149 e. The molecular weight excluding hydrogens is 206 g/mol. The van der Waals surface area contributed by atoms with Crippen molar-refractivity contribution in [1.82, 2.24) is 5.16 Å². The van der Waals surface area contributed by atoms with Gasteiger partial charge >= 0.3 is 0 Å². The lowest BCUT2D eigenvalue weighted by molar-refractivity contribution is 0.370. The summed E-state index contributed by atoms with van der Waals surface area (Å²) < 4.78 is 5.81. The SMILES string of the molecule is CC(C)CCc1cc(Br)no1. The predicted octanol–water partition coefficient (Wildman–Crippen LogP) is 3.03. The monoisotopic (exact) mass is 217 g/mol. The van der Waals surface area contributed by atoms with E-state index in [4.69, 9.17) is 4.52 Å². The predicted molar refractivity (Wildman–Crippen MR) is 47.4 cm³/mol. The van der Waals surface area contributed by atoms with Crippen LogP contribution in [0.2, 0.25) is 0 Å². The molecule has 11 heavy (non-hydrogen) atoms. The molecule has 1 rings (SSSR count). The Morgan fingerprint density at radius 3 is 2.82 bits per heavy atom. The van der Waals surface area contributed by atoms with Crippen molar-refractivity contribution in [3.05, 3.63) is 16.4 Å². The lowest BCUT2D eigenvalue weighted by atomic mass is 10.1. The maximum Gasteiger partial charge on any atom is 0.149 e. The van der Waals surface area contributed by atoms with Gasteiger partial charge in [0.2, 0.25) is 0 Å². The molecule has 0 unspecified atom stereocenters. The summed E-state index contributed by atoms with van der Waals surface area (Å²) in [6.45, 7) is 4.40. The number of halogens is 1. The van der Waals surface area contributed by atoms with E-state index in [0.717, 1.165) is 29.1 Å². The molecule has 0 atom stereocenters. The van der Waals surface area contributed by atoms with Crippen molar-refractivity contribution in [3.63, 3.8) is 0 Å². The Hall–Kier alpha value is -0.310. The Bertz CT molecular complexity index is 220. The largest absolute Gasteiger partial charge is 0.360 e. The van der Waals surface area contributed by atoms with E-state index in [1.165, 1.54) is 0 Å². The van der Waals surface area contributed by atoms with Crippen molar-refractivity contribution >= 4 is 15.9 Å². The molecule has 3 heteroatoms. The fourth-order valence-electron chi connectivity index (χ4n) is 0.837. The van der Waals surface area contributed by atoms with Gasteiger partial charge in [-0.05, 0) is 28.3 Å². The van der Waals surface area contributed by atoms with Crippen LogP contribution in [-0.2, 0) is 6.42 Å². The summed E-state index contributed by atoms with van der Waals surface area (Å²) in [6.07, 6.45) is 2.14. The fourth-order valence-corrected chi connectivity index (χ4v) is 1.16. The van der Waals surface area contributed by atoms with E-state index in [1.807, 2.05) is 6.07 Å². The molecule has 2 nitrogen and oxygen atoms in total. The van der Waals surface area contributed by atoms with Crippen molar-refractivity contribution in [2.24, 2.45) is 5.92 Å². The maximum atomic E-state index is 5.02. The highest BCUT2D eigenvalue weighted by atomic mass is 79.9. The molecule has 0 radical (unpaired) electrons. The molecule has 0 N–H and O–H groups in total. The van der Waals surface area contributed by atoms with Crippen molar-refractivity contribution < 1.29 is 4.52 Å². The van der Waals surface area contributed by atoms with Gasteiger partial charge in [0.05, 0.1) is 0 Å². The molecule has 0 spiro atoms. The number of hydrogen-bond donors (Lipinski definition) is 0. The van der Waals surface area contributed by atoms with E-state index in [9.17, 15) is 0 Å². The zero-order chi connectivity index (χ0) is 8.27. The minimum absolute atomic E-state index is 0.721. The minimum Gasteiger partial charge on any atom is -0.360 e. The van der Waals surface area contributed by atoms with Gasteiger partial charge in [0.15, 0.2) is 0 Å². The minimum atomic E-state index is 0.721. The van der Waals surface area contributed by atoms with Crippen LogP contribution in [0.25, 0.3) is 0 Å². The first-order valence-corrected chi connectivity index (χ1v) is 4.59. The number of aryl methyl sites for hydroxylation is 1. The van der Waals surface area contributed by atoms with Crippen molar-refractivity contribution in [1.29, 1.82) is 0 Å². The molecule has 0 aromatic carbocycles. The second kappa shape index (κ2) is 3.90. The molecule has 0 aliphatic heterocycles. The second-order valence-electron chi connectivity index (χ2n) is 3.05. The van der Waals surface area contributed by atoms with Gasteiger partial charge < -0.3 is 4.52 Å². The van der Waals surface area contributed by atoms with Crippen molar-refractivity contribution in [2.75, 3.05) is 0 Å². The van der Waals surface area contributed by atoms with Gasteiger partial charge in [-0.2, -0.15) is 0 Å². The lowest BCUT2D eigenvalue weighted by Crippen LogP contribution is -1.89. The summed E-state index contributed by atoms with van der Waals surface area (Å²) in [7, 11) is 0. The van der Waals surface area contributed by atoms with E-state index in [2.05, 4.69) is 34.9 Å². The van der Waals surface area contributed by atoms with Crippen LogP contribution in [0.4, 0.5) is 0 Å². The molecule has 1 heterocycles. The highest BCUT2D eigenvalue weighted by molar-refractivity contribution is 9.10. The molecular formula is C8H12BrNO. The van der Waals surface area contributed by atoms with Crippen LogP contribution in [0, 0.1) is 5.92 Å². The summed E-state index contributed by atoms with van der Waals surface area (Å²) >= 11 is 3.23. The summed E-state index contributed by atoms with van der Waals surface area (Å²) in [5.41, 5.74) is 0. The Balaban J connectivity index is 2.39. The normalized spacial score (nSPS) is 10.9. The Labute approximate surface area is 75.1 Å². The summed E-state index contributed by atoms with van der Waals surface area (Å²) in [5.74, 6) is 1.68. The first kappa shape index (κ1) is 8.78. The van der Waals surface area contributed by atoms with E-state index >= 15 is 0 Å². The molecule has 0 saturated carbocycles. The summed E-state index contributed by atoms with van der Waals surface area (Å²) in [6, 6.07) is 1.92. The molecule has 0 saturated heterocycles. The second-order valence-corrected chi connectivity index (χ2v) is 3.86. The average Bonchev–Trinajstić information content (AvgIpc) is 2.31. The fraction of sp³-hybridized carbons (Fsp3) is 0.625. The van der Waals surface area contributed by atoms with E-state index in [-0.39, 0.29) is 0 Å². The van der Waals surface area contributed by atoms with Gasteiger partial charge in [-0.25, -0.2) is 0 Å². The molecule has 0 bridgehead atoms. The summed E-state index contributed by atoms with van der Waals surface area (Å²) in [4.78, 5) is 0. The van der Waals surface area contributed by atoms with Gasteiger partial charge in [0.1, 0.15) is 10.4 Å². The average molecular weight is 218 g/mol. The third-order valence-corrected chi connectivity index (χ3v) is 1.87. The number of rotatable bonds is 3. The number of nitrogens with zero attached hydrogens (tertiary/aromatic N) is 1. The lowest BCUT2D eigenvalue weighted by Gasteiger charge is -1.99. The van der Waals surface area contributed by atoms with Crippen LogP contribution in [0.3, 0.4) is 0 Å². The Morgan fingerprint density at radius 1 is 1.64 bits per heavy atom. The van der Waals surface area contributed by atoms with Gasteiger partial charge in [-0.1, -0.05) is 19.0 Å². The number of hydrogen-bond acceptors (Lipinski definition) is 2. The quantitative estimate of drug-likeness (QED) is 0.779. The number of aromatic nitrogens is 1. The topological polar surface area (TPSA) is 26.0 Å². The summed E-state index contributed by atoms with van der Waals surface area (Å²) in [5, 5.41) is 3.74.